The van der Waals surface area contributed by atoms with E-state index in [1.54, 1.807) is 0 Å². The summed E-state index contributed by atoms with van der Waals surface area (Å²) < 4.78 is 0.0888. The van der Waals surface area contributed by atoms with Gasteiger partial charge < -0.3 is 10.4 Å². The standard InChI is InChI=1S/C5H6N4O3S/c10-2(11)1-6-3-4(12)7-5(13)9-8-3/h1H2,(H,6,8)(H,10,11)(H2,7,9,12,13). The largest absolute Gasteiger partial charge is 0.480 e. The molecule has 0 bridgehead atoms. The van der Waals surface area contributed by atoms with E-state index in [0.717, 1.165) is 0 Å². The number of carbonyl (C=O) groups is 1. The molecule has 0 radical (unpaired) electrons. The van der Waals surface area contributed by atoms with Gasteiger partial charge in [-0.15, -0.1) is 5.10 Å². The van der Waals surface area contributed by atoms with Crippen LogP contribution in [-0.4, -0.2) is 32.8 Å². The number of anilines is 1. The maximum atomic E-state index is 11.0. The van der Waals surface area contributed by atoms with Crippen LogP contribution in [-0.2, 0) is 4.79 Å². The summed E-state index contributed by atoms with van der Waals surface area (Å²) in [5.74, 6) is -1.18. The summed E-state index contributed by atoms with van der Waals surface area (Å²) in [6.07, 6.45) is 0. The maximum Gasteiger partial charge on any atom is 0.322 e. The topological polar surface area (TPSA) is 111 Å². The number of nitrogens with zero attached hydrogens (tertiary/aromatic N) is 1. The van der Waals surface area contributed by atoms with Gasteiger partial charge >= 0.3 is 5.97 Å². The van der Waals surface area contributed by atoms with E-state index in [9.17, 15) is 9.59 Å². The Morgan fingerprint density at radius 1 is 1.69 bits per heavy atom. The fourth-order valence-electron chi connectivity index (χ4n) is 0.627. The van der Waals surface area contributed by atoms with Crippen LogP contribution in [0, 0.1) is 4.77 Å². The van der Waals surface area contributed by atoms with E-state index in [2.05, 4.69) is 32.7 Å². The zero-order valence-corrected chi connectivity index (χ0v) is 7.14. The Labute approximate surface area is 76.8 Å². The minimum absolute atomic E-state index is 0.0888. The second-order valence-electron chi connectivity index (χ2n) is 2.10. The van der Waals surface area contributed by atoms with Crippen molar-refractivity contribution in [1.82, 2.24) is 15.2 Å². The van der Waals surface area contributed by atoms with Crippen molar-refractivity contribution >= 4 is 24.0 Å². The third-order valence-corrected chi connectivity index (χ3v) is 1.31. The predicted molar refractivity (Wildman–Crippen MR) is 46.2 cm³/mol. The summed E-state index contributed by atoms with van der Waals surface area (Å²) in [6, 6.07) is 0. The number of aromatic amines is 2. The van der Waals surface area contributed by atoms with Gasteiger partial charge in [-0.2, -0.15) is 0 Å². The van der Waals surface area contributed by atoms with E-state index in [1.165, 1.54) is 0 Å². The highest BCUT2D eigenvalue weighted by Crippen LogP contribution is 1.86. The zero-order chi connectivity index (χ0) is 9.84. The van der Waals surface area contributed by atoms with Gasteiger partial charge in [0.15, 0.2) is 4.77 Å². The number of rotatable bonds is 3. The summed E-state index contributed by atoms with van der Waals surface area (Å²) in [7, 11) is 0. The van der Waals surface area contributed by atoms with Gasteiger partial charge in [0, 0.05) is 0 Å². The molecule has 0 saturated carbocycles. The van der Waals surface area contributed by atoms with Crippen molar-refractivity contribution in [3.63, 3.8) is 0 Å². The molecule has 0 unspecified atom stereocenters. The van der Waals surface area contributed by atoms with Crippen LogP contribution in [0.15, 0.2) is 4.79 Å². The Kier molecular flexibility index (Phi) is 2.75. The van der Waals surface area contributed by atoms with Crippen molar-refractivity contribution < 1.29 is 9.90 Å². The number of carboxylic acids is 1. The van der Waals surface area contributed by atoms with Gasteiger partial charge in [-0.05, 0) is 12.2 Å². The first-order chi connectivity index (χ1) is 6.09. The Hall–Kier alpha value is -1.70. The average Bonchev–Trinajstić information content (AvgIpc) is 2.02. The van der Waals surface area contributed by atoms with Crippen LogP contribution in [0.25, 0.3) is 0 Å². The van der Waals surface area contributed by atoms with Gasteiger partial charge in [0.2, 0.25) is 5.82 Å². The van der Waals surface area contributed by atoms with Crippen molar-refractivity contribution in [2.75, 3.05) is 11.9 Å². The summed E-state index contributed by atoms with van der Waals surface area (Å²) in [4.78, 5) is 23.4. The number of aromatic nitrogens is 3. The second kappa shape index (κ2) is 3.81. The molecule has 0 aliphatic carbocycles. The quantitative estimate of drug-likeness (QED) is 0.483. The molecule has 1 heterocycles. The molecule has 0 spiro atoms. The molecule has 0 aliphatic rings. The number of H-pyrrole nitrogens is 2. The predicted octanol–water partition coefficient (Wildman–Crippen LogP) is -0.676. The van der Waals surface area contributed by atoms with E-state index in [1.807, 2.05) is 0 Å². The van der Waals surface area contributed by atoms with Gasteiger partial charge in [-0.25, -0.2) is 0 Å². The highest BCUT2D eigenvalue weighted by molar-refractivity contribution is 7.71. The molecule has 0 saturated heterocycles. The van der Waals surface area contributed by atoms with E-state index >= 15 is 0 Å². The van der Waals surface area contributed by atoms with Gasteiger partial charge in [0.25, 0.3) is 5.56 Å². The van der Waals surface area contributed by atoms with E-state index in [0.29, 0.717) is 0 Å². The molecule has 8 heteroatoms. The fraction of sp³-hybridized carbons (Fsp3) is 0.200. The van der Waals surface area contributed by atoms with Crippen LogP contribution in [0.3, 0.4) is 0 Å². The number of carboxylic acid groups (broad SMARTS) is 1. The van der Waals surface area contributed by atoms with Gasteiger partial charge in [-0.3, -0.25) is 19.7 Å². The first-order valence-electron chi connectivity index (χ1n) is 3.24. The van der Waals surface area contributed by atoms with Gasteiger partial charge in [0.1, 0.15) is 6.54 Å². The first-order valence-corrected chi connectivity index (χ1v) is 3.65. The monoisotopic (exact) mass is 202 g/mol. The normalized spacial score (nSPS) is 9.54. The molecule has 13 heavy (non-hydrogen) atoms. The molecule has 7 nitrogen and oxygen atoms in total. The first kappa shape index (κ1) is 9.39. The molecule has 4 N–H and O–H groups in total. The third-order valence-electron chi connectivity index (χ3n) is 1.12. The average molecular weight is 202 g/mol. The van der Waals surface area contributed by atoms with Crippen LogP contribution < -0.4 is 10.9 Å². The Balaban J connectivity index is 2.84. The van der Waals surface area contributed by atoms with Crippen LogP contribution in [0.1, 0.15) is 0 Å². The van der Waals surface area contributed by atoms with E-state index in [-0.39, 0.29) is 17.1 Å². The lowest BCUT2D eigenvalue weighted by molar-refractivity contribution is -0.134. The summed E-state index contributed by atoms with van der Waals surface area (Å²) >= 11 is 4.58. The SMILES string of the molecule is O=C(O)CNc1n[nH]c(=S)[nH]c1=O. The van der Waals surface area contributed by atoms with Crippen molar-refractivity contribution in [3.8, 4) is 0 Å². The molecule has 0 aliphatic heterocycles. The Bertz CT molecular complexity index is 422. The Morgan fingerprint density at radius 2 is 2.38 bits per heavy atom. The highest BCUT2D eigenvalue weighted by atomic mass is 32.1. The fourth-order valence-corrected chi connectivity index (χ4v) is 0.765. The molecule has 0 atom stereocenters. The lowest BCUT2D eigenvalue weighted by atomic mass is 10.6. The number of hydrogen-bond donors (Lipinski definition) is 4. The van der Waals surface area contributed by atoms with E-state index < -0.39 is 11.5 Å². The molecule has 1 aromatic rings. The van der Waals surface area contributed by atoms with Crippen LogP contribution in [0.2, 0.25) is 0 Å². The summed E-state index contributed by atoms with van der Waals surface area (Å²) in [5, 5.41) is 16.4. The Morgan fingerprint density at radius 3 is 2.92 bits per heavy atom. The third kappa shape index (κ3) is 2.67. The smallest absolute Gasteiger partial charge is 0.322 e. The van der Waals surface area contributed by atoms with Crippen LogP contribution in [0.4, 0.5) is 5.82 Å². The maximum absolute atomic E-state index is 11.0. The van der Waals surface area contributed by atoms with E-state index in [4.69, 9.17) is 5.11 Å². The molecule has 70 valence electrons. The minimum Gasteiger partial charge on any atom is -0.480 e. The molecular weight excluding hydrogens is 196 g/mol. The molecule has 1 rings (SSSR count). The van der Waals surface area contributed by atoms with Crippen molar-refractivity contribution in [3.05, 3.63) is 15.1 Å². The number of nitrogens with one attached hydrogen (secondary N) is 3. The van der Waals surface area contributed by atoms with Crippen LogP contribution in [0.5, 0.6) is 0 Å². The molecular formula is C5H6N4O3S. The highest BCUT2D eigenvalue weighted by Gasteiger charge is 2.02. The second-order valence-corrected chi connectivity index (χ2v) is 2.51. The molecule has 0 aromatic carbocycles. The summed E-state index contributed by atoms with van der Waals surface area (Å²) in [6.45, 7) is -0.374. The van der Waals surface area contributed by atoms with Crippen molar-refractivity contribution in [1.29, 1.82) is 0 Å². The van der Waals surface area contributed by atoms with Gasteiger partial charge in [-0.1, -0.05) is 0 Å². The summed E-state index contributed by atoms with van der Waals surface area (Å²) in [5.41, 5.74) is -0.551. The van der Waals surface area contributed by atoms with Crippen molar-refractivity contribution in [2.24, 2.45) is 0 Å². The minimum atomic E-state index is -1.08. The van der Waals surface area contributed by atoms with Crippen molar-refractivity contribution in [2.45, 2.75) is 0 Å². The molecule has 1 aromatic heterocycles. The molecule has 0 amide bonds. The lowest BCUT2D eigenvalue weighted by Crippen LogP contribution is -2.21. The number of hydrogen-bond acceptors (Lipinski definition) is 5. The van der Waals surface area contributed by atoms with Crippen LogP contribution >= 0.6 is 12.2 Å². The van der Waals surface area contributed by atoms with Gasteiger partial charge in [0.05, 0.1) is 0 Å². The molecule has 0 fully saturated rings. The zero-order valence-electron chi connectivity index (χ0n) is 6.33. The lowest BCUT2D eigenvalue weighted by Gasteiger charge is -1.98. The number of aliphatic carboxylic acids is 1.